The average Bonchev–Trinajstić information content (AvgIpc) is 2.82. The monoisotopic (exact) mass is 315 g/mol. The largest absolute Gasteiger partial charge is 0.349 e. The third kappa shape index (κ3) is 3.76. The molecule has 7 heteroatoms. The van der Waals surface area contributed by atoms with Gasteiger partial charge in [-0.3, -0.25) is 9.69 Å². The first-order valence-electron chi connectivity index (χ1n) is 7.83. The second-order valence-electron chi connectivity index (χ2n) is 7.11. The van der Waals surface area contributed by atoms with Crippen molar-refractivity contribution in [2.24, 2.45) is 0 Å². The van der Waals surface area contributed by atoms with E-state index in [4.69, 9.17) is 0 Å². The molecule has 2 N–H and O–H groups in total. The zero-order chi connectivity index (χ0) is 15.1. The molecule has 0 saturated carbocycles. The molecule has 3 aliphatic heterocycles. The van der Waals surface area contributed by atoms with Crippen LogP contribution in [0.25, 0.3) is 0 Å². The minimum Gasteiger partial charge on any atom is -0.349 e. The lowest BCUT2D eigenvalue weighted by Crippen LogP contribution is -2.51. The molecule has 3 saturated heterocycles. The summed E-state index contributed by atoms with van der Waals surface area (Å²) in [5, 5.41) is 6.54. The molecule has 0 aliphatic carbocycles. The van der Waals surface area contributed by atoms with Crippen LogP contribution in [0.2, 0.25) is 0 Å². The second kappa shape index (κ2) is 5.52. The molecule has 3 fully saturated rings. The molecular weight excluding hydrogens is 290 g/mol. The van der Waals surface area contributed by atoms with Crippen LogP contribution in [0, 0.1) is 0 Å². The highest BCUT2D eigenvalue weighted by Gasteiger charge is 2.39. The maximum absolute atomic E-state index is 12.2. The van der Waals surface area contributed by atoms with E-state index in [0.717, 1.165) is 19.5 Å². The first-order valence-corrected chi connectivity index (χ1v) is 9.66. The molecule has 2 bridgehead atoms. The van der Waals surface area contributed by atoms with Gasteiger partial charge in [-0.05, 0) is 32.6 Å². The molecule has 0 aromatic carbocycles. The van der Waals surface area contributed by atoms with Crippen molar-refractivity contribution < 1.29 is 13.2 Å². The fourth-order valence-corrected chi connectivity index (χ4v) is 5.94. The number of carbonyl (C=O) groups excluding carboxylic acids is 1. The van der Waals surface area contributed by atoms with E-state index >= 15 is 0 Å². The molecule has 6 nitrogen and oxygen atoms in total. The molecule has 3 aliphatic rings. The van der Waals surface area contributed by atoms with E-state index in [9.17, 15) is 13.2 Å². The number of likely N-dealkylation sites (tertiary alicyclic amines) is 1. The summed E-state index contributed by atoms with van der Waals surface area (Å²) < 4.78 is 23.2. The minimum atomic E-state index is -2.98. The van der Waals surface area contributed by atoms with E-state index in [2.05, 4.69) is 15.5 Å². The van der Waals surface area contributed by atoms with Gasteiger partial charge in [-0.15, -0.1) is 0 Å². The van der Waals surface area contributed by atoms with Crippen molar-refractivity contribution in [1.82, 2.24) is 15.5 Å². The maximum Gasteiger partial charge on any atom is 0.234 e. The molecule has 1 amide bonds. The van der Waals surface area contributed by atoms with E-state index in [-0.39, 0.29) is 17.4 Å². The standard InChI is InChI=1S/C14H25N3O3S/c1-14(5-7-21(19,20)10-14)16-13(18)9-17-6-4-11-2-3-12(8-17)15-11/h11-12,15H,2-10H2,1H3,(H,16,18). The van der Waals surface area contributed by atoms with E-state index in [1.165, 1.54) is 12.8 Å². The third-order valence-electron chi connectivity index (χ3n) is 4.92. The van der Waals surface area contributed by atoms with Gasteiger partial charge in [0, 0.05) is 25.2 Å². The summed E-state index contributed by atoms with van der Waals surface area (Å²) in [7, 11) is -2.98. The van der Waals surface area contributed by atoms with Crippen LogP contribution < -0.4 is 10.6 Å². The molecule has 3 unspecified atom stereocenters. The molecule has 0 aromatic heterocycles. The maximum atomic E-state index is 12.2. The molecule has 21 heavy (non-hydrogen) atoms. The van der Waals surface area contributed by atoms with Crippen LogP contribution in [0.15, 0.2) is 0 Å². The van der Waals surface area contributed by atoms with Crippen LogP contribution in [0.4, 0.5) is 0 Å². The van der Waals surface area contributed by atoms with Crippen molar-refractivity contribution in [3.05, 3.63) is 0 Å². The summed E-state index contributed by atoms with van der Waals surface area (Å²) in [5.41, 5.74) is -0.584. The molecule has 3 rings (SSSR count). The zero-order valence-corrected chi connectivity index (χ0v) is 13.4. The van der Waals surface area contributed by atoms with Crippen LogP contribution >= 0.6 is 0 Å². The molecule has 3 atom stereocenters. The molecule has 0 spiro atoms. The summed E-state index contributed by atoms with van der Waals surface area (Å²) in [4.78, 5) is 14.4. The Balaban J connectivity index is 1.52. The number of nitrogens with one attached hydrogen (secondary N) is 2. The van der Waals surface area contributed by atoms with Gasteiger partial charge in [0.2, 0.25) is 5.91 Å². The van der Waals surface area contributed by atoms with Crippen LogP contribution in [0.5, 0.6) is 0 Å². The van der Waals surface area contributed by atoms with Gasteiger partial charge in [0.25, 0.3) is 0 Å². The van der Waals surface area contributed by atoms with Crippen molar-refractivity contribution in [2.75, 3.05) is 31.1 Å². The highest BCUT2D eigenvalue weighted by molar-refractivity contribution is 7.91. The fourth-order valence-electron chi connectivity index (χ4n) is 3.85. The molecular formula is C14H25N3O3S. The van der Waals surface area contributed by atoms with E-state index in [1.807, 2.05) is 6.92 Å². The van der Waals surface area contributed by atoms with Crippen molar-refractivity contribution in [3.8, 4) is 0 Å². The fraction of sp³-hybridized carbons (Fsp3) is 0.929. The Labute approximate surface area is 126 Å². The van der Waals surface area contributed by atoms with Crippen LogP contribution in [0.3, 0.4) is 0 Å². The Morgan fingerprint density at radius 1 is 1.33 bits per heavy atom. The number of hydrogen-bond donors (Lipinski definition) is 2. The van der Waals surface area contributed by atoms with Crippen molar-refractivity contribution in [1.29, 1.82) is 0 Å². The SMILES string of the molecule is CC1(NC(=O)CN2CCC3CCC(C2)N3)CCS(=O)(=O)C1. The van der Waals surface area contributed by atoms with E-state index in [1.54, 1.807) is 0 Å². The van der Waals surface area contributed by atoms with Gasteiger partial charge in [-0.1, -0.05) is 0 Å². The van der Waals surface area contributed by atoms with Crippen molar-refractivity contribution in [2.45, 2.75) is 50.2 Å². The predicted molar refractivity (Wildman–Crippen MR) is 80.8 cm³/mol. The Bertz CT molecular complexity index is 522. The zero-order valence-electron chi connectivity index (χ0n) is 12.6. The van der Waals surface area contributed by atoms with Crippen molar-refractivity contribution >= 4 is 15.7 Å². The number of sulfone groups is 1. The Kier molecular flexibility index (Phi) is 4.00. The number of carbonyl (C=O) groups is 1. The van der Waals surface area contributed by atoms with Gasteiger partial charge in [-0.2, -0.15) is 0 Å². The normalized spacial score (nSPS) is 39.1. The lowest BCUT2D eigenvalue weighted by molar-refractivity contribution is -0.123. The van der Waals surface area contributed by atoms with Crippen LogP contribution in [0.1, 0.15) is 32.6 Å². The summed E-state index contributed by atoms with van der Waals surface area (Å²) in [6.07, 6.45) is 4.06. The highest BCUT2D eigenvalue weighted by Crippen LogP contribution is 2.23. The average molecular weight is 315 g/mol. The van der Waals surface area contributed by atoms with Crippen LogP contribution in [-0.4, -0.2) is 68.0 Å². The smallest absolute Gasteiger partial charge is 0.234 e. The van der Waals surface area contributed by atoms with Gasteiger partial charge in [0.15, 0.2) is 9.84 Å². The summed E-state index contributed by atoms with van der Waals surface area (Å²) in [6, 6.07) is 1.12. The van der Waals surface area contributed by atoms with Crippen molar-refractivity contribution in [3.63, 3.8) is 0 Å². The lowest BCUT2D eigenvalue weighted by Gasteiger charge is -2.28. The van der Waals surface area contributed by atoms with Gasteiger partial charge in [0.1, 0.15) is 0 Å². The Morgan fingerprint density at radius 3 is 2.81 bits per heavy atom. The Morgan fingerprint density at radius 2 is 2.10 bits per heavy atom. The first kappa shape index (κ1) is 15.2. The third-order valence-corrected chi connectivity index (χ3v) is 6.82. The van der Waals surface area contributed by atoms with E-state index in [0.29, 0.717) is 25.0 Å². The number of amides is 1. The van der Waals surface area contributed by atoms with Crippen LogP contribution in [-0.2, 0) is 14.6 Å². The number of rotatable bonds is 3. The minimum absolute atomic E-state index is 0.0487. The molecule has 120 valence electrons. The molecule has 0 radical (unpaired) electrons. The number of hydrogen-bond acceptors (Lipinski definition) is 5. The Hall–Kier alpha value is -0.660. The number of fused-ring (bicyclic) bond motifs is 2. The van der Waals surface area contributed by atoms with E-state index < -0.39 is 15.4 Å². The molecule has 0 aromatic rings. The summed E-state index contributed by atoms with van der Waals surface area (Å²) in [5.74, 6) is 0.200. The van der Waals surface area contributed by atoms with Gasteiger partial charge < -0.3 is 10.6 Å². The topological polar surface area (TPSA) is 78.5 Å². The lowest BCUT2D eigenvalue weighted by atomic mass is 10.0. The quantitative estimate of drug-likeness (QED) is 0.734. The number of nitrogens with zero attached hydrogens (tertiary/aromatic N) is 1. The second-order valence-corrected chi connectivity index (χ2v) is 9.30. The highest BCUT2D eigenvalue weighted by atomic mass is 32.2. The predicted octanol–water partition coefficient (Wildman–Crippen LogP) is -0.494. The summed E-state index contributed by atoms with van der Waals surface area (Å²) in [6.45, 7) is 4.07. The van der Waals surface area contributed by atoms with Gasteiger partial charge in [-0.25, -0.2) is 8.42 Å². The van der Waals surface area contributed by atoms with Gasteiger partial charge in [0.05, 0.1) is 23.6 Å². The molecule has 3 heterocycles. The van der Waals surface area contributed by atoms with Gasteiger partial charge >= 0.3 is 0 Å². The first-order chi connectivity index (χ1) is 9.84. The summed E-state index contributed by atoms with van der Waals surface area (Å²) >= 11 is 0.